The zero-order chi connectivity index (χ0) is 11.5. The maximum absolute atomic E-state index is 5.27. The van der Waals surface area contributed by atoms with Crippen molar-refractivity contribution >= 4 is 15.9 Å². The Morgan fingerprint density at radius 2 is 2.38 bits per heavy atom. The van der Waals surface area contributed by atoms with Crippen molar-refractivity contribution in [2.24, 2.45) is 5.92 Å². The first-order chi connectivity index (χ1) is 7.80. The van der Waals surface area contributed by atoms with E-state index in [2.05, 4.69) is 46.8 Å². The van der Waals surface area contributed by atoms with Gasteiger partial charge in [0.15, 0.2) is 0 Å². The predicted molar refractivity (Wildman–Crippen MR) is 71.5 cm³/mol. The molecule has 1 aliphatic rings. The van der Waals surface area contributed by atoms with Crippen LogP contribution in [0, 0.1) is 5.92 Å². The van der Waals surface area contributed by atoms with Gasteiger partial charge in [-0.3, -0.25) is 0 Å². The fourth-order valence-corrected chi connectivity index (χ4v) is 3.35. The smallest absolute Gasteiger partial charge is 0.119 e. The highest BCUT2D eigenvalue weighted by Gasteiger charge is 2.26. The first kappa shape index (κ1) is 11.7. The number of hydrogen-bond donors (Lipinski definition) is 0. The molecule has 0 aliphatic heterocycles. The molecule has 2 atom stereocenters. The van der Waals surface area contributed by atoms with Crippen LogP contribution < -0.4 is 4.74 Å². The molecule has 16 heavy (non-hydrogen) atoms. The summed E-state index contributed by atoms with van der Waals surface area (Å²) in [6.45, 7) is 3.94. The quantitative estimate of drug-likeness (QED) is 0.602. The first-order valence-electron chi connectivity index (χ1n) is 5.65. The lowest BCUT2D eigenvalue weighted by atomic mass is 9.76. The molecule has 0 saturated carbocycles. The molecule has 1 aliphatic carbocycles. The van der Waals surface area contributed by atoms with Gasteiger partial charge in [-0.15, -0.1) is 6.58 Å². The van der Waals surface area contributed by atoms with Crippen molar-refractivity contribution in [1.29, 1.82) is 0 Å². The molecule has 1 aromatic carbocycles. The molecule has 0 radical (unpaired) electrons. The molecule has 2 rings (SSSR count). The van der Waals surface area contributed by atoms with Crippen LogP contribution in [0.2, 0.25) is 0 Å². The number of hydrogen-bond acceptors (Lipinski definition) is 1. The van der Waals surface area contributed by atoms with E-state index in [9.17, 15) is 0 Å². The van der Waals surface area contributed by atoms with Crippen molar-refractivity contribution in [3.05, 3.63) is 42.0 Å². The molecule has 2 heteroatoms. The molecule has 0 N–H and O–H groups in total. The Labute approximate surface area is 106 Å². The summed E-state index contributed by atoms with van der Waals surface area (Å²) in [4.78, 5) is 0. The number of fused-ring (bicyclic) bond motifs is 1. The molecule has 0 fully saturated rings. The van der Waals surface area contributed by atoms with Gasteiger partial charge in [-0.05, 0) is 42.0 Å². The number of methoxy groups -OCH3 is 1. The van der Waals surface area contributed by atoms with Gasteiger partial charge >= 0.3 is 0 Å². The second-order valence-corrected chi connectivity index (χ2v) is 4.91. The van der Waals surface area contributed by atoms with Crippen molar-refractivity contribution in [3.63, 3.8) is 0 Å². The number of allylic oxidation sites excluding steroid dienone is 1. The van der Waals surface area contributed by atoms with Gasteiger partial charge in [-0.2, -0.15) is 0 Å². The zero-order valence-electron chi connectivity index (χ0n) is 9.58. The van der Waals surface area contributed by atoms with Crippen LogP contribution in [0.5, 0.6) is 5.75 Å². The van der Waals surface area contributed by atoms with Crippen molar-refractivity contribution in [3.8, 4) is 5.75 Å². The highest BCUT2D eigenvalue weighted by atomic mass is 79.9. The van der Waals surface area contributed by atoms with Crippen LogP contribution in [0.15, 0.2) is 30.9 Å². The van der Waals surface area contributed by atoms with E-state index < -0.39 is 0 Å². The summed E-state index contributed by atoms with van der Waals surface area (Å²) in [6.07, 6.45) is 4.42. The predicted octanol–water partition coefficient (Wildman–Crippen LogP) is 3.92. The number of benzene rings is 1. The average molecular weight is 281 g/mol. The minimum atomic E-state index is 0.562. The van der Waals surface area contributed by atoms with Crippen molar-refractivity contribution in [1.82, 2.24) is 0 Å². The fraction of sp³-hybridized carbons (Fsp3) is 0.429. The largest absolute Gasteiger partial charge is 0.497 e. The van der Waals surface area contributed by atoms with Gasteiger partial charge in [0.2, 0.25) is 0 Å². The van der Waals surface area contributed by atoms with Gasteiger partial charge in [0.05, 0.1) is 7.11 Å². The molecule has 0 aromatic heterocycles. The summed E-state index contributed by atoms with van der Waals surface area (Å²) in [6, 6.07) is 6.43. The van der Waals surface area contributed by atoms with E-state index in [1.165, 1.54) is 17.5 Å². The molecule has 0 saturated heterocycles. The Hall–Kier alpha value is -0.760. The first-order valence-corrected chi connectivity index (χ1v) is 6.77. The summed E-state index contributed by atoms with van der Waals surface area (Å²) < 4.78 is 5.27. The van der Waals surface area contributed by atoms with Crippen LogP contribution in [0.1, 0.15) is 23.5 Å². The Kier molecular flexibility index (Phi) is 3.70. The maximum atomic E-state index is 5.27. The van der Waals surface area contributed by atoms with Gasteiger partial charge < -0.3 is 4.74 Å². The van der Waals surface area contributed by atoms with Gasteiger partial charge in [-0.1, -0.05) is 28.1 Å². The van der Waals surface area contributed by atoms with Crippen molar-refractivity contribution in [2.45, 2.75) is 18.8 Å². The van der Waals surface area contributed by atoms with Crippen LogP contribution in [0.3, 0.4) is 0 Å². The second kappa shape index (κ2) is 5.05. The minimum absolute atomic E-state index is 0.562. The fourth-order valence-electron chi connectivity index (χ4n) is 2.52. The van der Waals surface area contributed by atoms with Crippen LogP contribution >= 0.6 is 15.9 Å². The summed E-state index contributed by atoms with van der Waals surface area (Å²) in [7, 11) is 1.72. The third-order valence-electron chi connectivity index (χ3n) is 3.48. The van der Waals surface area contributed by atoms with Crippen LogP contribution in [-0.2, 0) is 6.42 Å². The number of alkyl halides is 1. The highest BCUT2D eigenvalue weighted by molar-refractivity contribution is 9.09. The molecule has 0 heterocycles. The van der Waals surface area contributed by atoms with E-state index in [1.807, 2.05) is 0 Å². The average Bonchev–Trinajstić information content (AvgIpc) is 2.36. The van der Waals surface area contributed by atoms with Gasteiger partial charge in [0.1, 0.15) is 5.75 Å². The van der Waals surface area contributed by atoms with Gasteiger partial charge in [0, 0.05) is 11.2 Å². The lowest BCUT2D eigenvalue weighted by Gasteiger charge is -2.30. The van der Waals surface area contributed by atoms with E-state index in [-0.39, 0.29) is 0 Å². The highest BCUT2D eigenvalue weighted by Crippen LogP contribution is 2.39. The van der Waals surface area contributed by atoms with E-state index in [0.29, 0.717) is 11.8 Å². The van der Waals surface area contributed by atoms with E-state index in [4.69, 9.17) is 4.74 Å². The number of ether oxygens (including phenoxy) is 1. The van der Waals surface area contributed by atoms with Crippen LogP contribution in [0.4, 0.5) is 0 Å². The van der Waals surface area contributed by atoms with E-state index in [1.54, 1.807) is 7.11 Å². The third kappa shape index (κ3) is 2.03. The lowest BCUT2D eigenvalue weighted by Crippen LogP contribution is -2.20. The number of halogens is 1. The molecule has 86 valence electrons. The standard InChI is InChI=1S/C14H17BrO/c1-3-10-4-5-11-8-12(16-2)6-7-13(11)14(10)9-15/h3,6-8,10,14H,1,4-5,9H2,2H3/t10-,14+/m0/s1. The SMILES string of the molecule is C=C[C@H]1CCc2cc(OC)ccc2[C@@H]1CBr. The summed E-state index contributed by atoms with van der Waals surface area (Å²) in [5.41, 5.74) is 2.88. The second-order valence-electron chi connectivity index (χ2n) is 4.26. The third-order valence-corrected chi connectivity index (χ3v) is 4.18. The van der Waals surface area contributed by atoms with E-state index in [0.717, 1.165) is 17.5 Å². The van der Waals surface area contributed by atoms with Gasteiger partial charge in [-0.25, -0.2) is 0 Å². The number of aryl methyl sites for hydroxylation is 1. The van der Waals surface area contributed by atoms with Crippen LogP contribution in [0.25, 0.3) is 0 Å². The minimum Gasteiger partial charge on any atom is -0.497 e. The van der Waals surface area contributed by atoms with Crippen molar-refractivity contribution in [2.75, 3.05) is 12.4 Å². The normalized spacial score (nSPS) is 23.6. The van der Waals surface area contributed by atoms with Gasteiger partial charge in [0.25, 0.3) is 0 Å². The Morgan fingerprint density at radius 1 is 1.56 bits per heavy atom. The van der Waals surface area contributed by atoms with E-state index >= 15 is 0 Å². The molecular weight excluding hydrogens is 264 g/mol. The van der Waals surface area contributed by atoms with Crippen molar-refractivity contribution < 1.29 is 4.74 Å². The summed E-state index contributed by atoms with van der Waals surface area (Å²) >= 11 is 3.62. The molecular formula is C14H17BrO. The Bertz CT molecular complexity index is 386. The van der Waals surface area contributed by atoms with Crippen LogP contribution in [-0.4, -0.2) is 12.4 Å². The molecule has 1 aromatic rings. The Balaban J connectivity index is 2.38. The monoisotopic (exact) mass is 280 g/mol. The molecule has 0 bridgehead atoms. The molecule has 0 unspecified atom stereocenters. The Morgan fingerprint density at radius 3 is 3.00 bits per heavy atom. The zero-order valence-corrected chi connectivity index (χ0v) is 11.2. The molecule has 1 nitrogen and oxygen atoms in total. The molecule has 0 spiro atoms. The summed E-state index contributed by atoms with van der Waals surface area (Å²) in [5.74, 6) is 2.12. The lowest BCUT2D eigenvalue weighted by molar-refractivity contribution is 0.411. The topological polar surface area (TPSA) is 9.23 Å². The summed E-state index contributed by atoms with van der Waals surface area (Å²) in [5, 5.41) is 1.00. The maximum Gasteiger partial charge on any atom is 0.119 e. The molecule has 0 amide bonds. The number of rotatable bonds is 3.